The Balaban J connectivity index is 2.67. The fraction of sp³-hybridized carbons (Fsp3) is 0.200. The SMILES string of the molecule is CN(CC#N)C(=O)Nc1ccccc1Cl. The monoisotopic (exact) mass is 223 g/mol. The lowest BCUT2D eigenvalue weighted by molar-refractivity contribution is 0.227. The summed E-state index contributed by atoms with van der Waals surface area (Å²) in [5.41, 5.74) is 0.536. The predicted molar refractivity (Wildman–Crippen MR) is 58.7 cm³/mol. The first kappa shape index (κ1) is 11.3. The highest BCUT2D eigenvalue weighted by atomic mass is 35.5. The quantitative estimate of drug-likeness (QED) is 0.783. The smallest absolute Gasteiger partial charge is 0.314 e. The second-order valence-electron chi connectivity index (χ2n) is 2.92. The minimum absolute atomic E-state index is 0.0380. The third-order valence-electron chi connectivity index (χ3n) is 1.77. The largest absolute Gasteiger partial charge is 0.322 e. The molecule has 0 bridgehead atoms. The molecule has 1 aromatic rings. The summed E-state index contributed by atoms with van der Waals surface area (Å²) >= 11 is 5.85. The first-order chi connectivity index (χ1) is 7.15. The lowest BCUT2D eigenvalue weighted by atomic mass is 10.3. The highest BCUT2D eigenvalue weighted by Crippen LogP contribution is 2.20. The molecule has 0 aliphatic heterocycles. The normalized spacial score (nSPS) is 9.13. The fourth-order valence-electron chi connectivity index (χ4n) is 0.951. The van der Waals surface area contributed by atoms with E-state index in [1.165, 1.54) is 11.9 Å². The maximum atomic E-state index is 11.5. The molecule has 4 nitrogen and oxygen atoms in total. The molecule has 0 fully saturated rings. The van der Waals surface area contributed by atoms with Crippen molar-refractivity contribution in [1.82, 2.24) is 4.90 Å². The molecule has 0 aliphatic rings. The van der Waals surface area contributed by atoms with Crippen molar-refractivity contribution in [3.05, 3.63) is 29.3 Å². The lowest BCUT2D eigenvalue weighted by Gasteiger charge is -2.14. The molecule has 0 saturated heterocycles. The van der Waals surface area contributed by atoms with Gasteiger partial charge in [0.1, 0.15) is 6.54 Å². The summed E-state index contributed by atoms with van der Waals surface area (Å²) in [4.78, 5) is 12.7. The number of carbonyl (C=O) groups excluding carboxylic acids is 1. The van der Waals surface area contributed by atoms with Gasteiger partial charge in [-0.15, -0.1) is 0 Å². The van der Waals surface area contributed by atoms with Gasteiger partial charge in [-0.05, 0) is 12.1 Å². The highest BCUT2D eigenvalue weighted by molar-refractivity contribution is 6.33. The molecule has 2 amide bonds. The Morgan fingerprint density at radius 2 is 2.27 bits per heavy atom. The highest BCUT2D eigenvalue weighted by Gasteiger charge is 2.09. The molecule has 0 aromatic heterocycles. The summed E-state index contributed by atoms with van der Waals surface area (Å²) in [6, 6.07) is 8.45. The van der Waals surface area contributed by atoms with Gasteiger partial charge in [0.15, 0.2) is 0 Å². The maximum absolute atomic E-state index is 11.5. The second-order valence-corrected chi connectivity index (χ2v) is 3.33. The molecule has 1 aromatic carbocycles. The Hall–Kier alpha value is -1.73. The molecular weight excluding hydrogens is 214 g/mol. The molecule has 0 saturated carbocycles. The van der Waals surface area contributed by atoms with Crippen LogP contribution in [0.4, 0.5) is 10.5 Å². The topological polar surface area (TPSA) is 56.1 Å². The molecule has 5 heteroatoms. The van der Waals surface area contributed by atoms with Crippen molar-refractivity contribution in [2.45, 2.75) is 0 Å². The van der Waals surface area contributed by atoms with Crippen LogP contribution in [0.5, 0.6) is 0 Å². The van der Waals surface area contributed by atoms with Crippen molar-refractivity contribution < 1.29 is 4.79 Å². The van der Waals surface area contributed by atoms with Crippen LogP contribution in [0.1, 0.15) is 0 Å². The summed E-state index contributed by atoms with van der Waals surface area (Å²) in [6.07, 6.45) is 0. The Kier molecular flexibility index (Phi) is 3.95. The molecule has 0 radical (unpaired) electrons. The van der Waals surface area contributed by atoms with Crippen molar-refractivity contribution in [3.63, 3.8) is 0 Å². The third kappa shape index (κ3) is 3.15. The summed E-state index contributed by atoms with van der Waals surface area (Å²) in [5, 5.41) is 11.5. The van der Waals surface area contributed by atoms with Crippen LogP contribution in [-0.4, -0.2) is 24.5 Å². The van der Waals surface area contributed by atoms with E-state index >= 15 is 0 Å². The van der Waals surface area contributed by atoms with Crippen molar-refractivity contribution in [1.29, 1.82) is 5.26 Å². The number of halogens is 1. The van der Waals surface area contributed by atoms with Crippen LogP contribution < -0.4 is 5.32 Å². The number of nitrogens with one attached hydrogen (secondary N) is 1. The van der Waals surface area contributed by atoms with Gasteiger partial charge in [0, 0.05) is 7.05 Å². The molecular formula is C10H10ClN3O. The van der Waals surface area contributed by atoms with Crippen LogP contribution in [-0.2, 0) is 0 Å². The van der Waals surface area contributed by atoms with E-state index in [0.29, 0.717) is 10.7 Å². The van der Waals surface area contributed by atoms with Gasteiger partial charge in [0.25, 0.3) is 0 Å². The van der Waals surface area contributed by atoms with Crippen molar-refractivity contribution >= 4 is 23.3 Å². The maximum Gasteiger partial charge on any atom is 0.322 e. The summed E-state index contributed by atoms with van der Waals surface area (Å²) in [7, 11) is 1.54. The number of anilines is 1. The van der Waals surface area contributed by atoms with Gasteiger partial charge in [0.2, 0.25) is 0 Å². The van der Waals surface area contributed by atoms with Crippen LogP contribution >= 0.6 is 11.6 Å². The van der Waals surface area contributed by atoms with E-state index in [2.05, 4.69) is 5.32 Å². The Morgan fingerprint density at radius 3 is 2.87 bits per heavy atom. The number of benzene rings is 1. The van der Waals surface area contributed by atoms with E-state index in [9.17, 15) is 4.79 Å². The molecule has 0 aliphatic carbocycles. The molecule has 1 rings (SSSR count). The van der Waals surface area contributed by atoms with Gasteiger partial charge in [-0.2, -0.15) is 5.26 Å². The lowest BCUT2D eigenvalue weighted by Crippen LogP contribution is -2.31. The third-order valence-corrected chi connectivity index (χ3v) is 2.10. The van der Waals surface area contributed by atoms with E-state index in [1.807, 2.05) is 6.07 Å². The Labute approximate surface area is 93.1 Å². The van der Waals surface area contributed by atoms with E-state index in [1.54, 1.807) is 24.3 Å². The standard InChI is InChI=1S/C10H10ClN3O/c1-14(7-6-12)10(15)13-9-5-3-2-4-8(9)11/h2-5H,7H2,1H3,(H,13,15). The average Bonchev–Trinajstić information content (AvgIpc) is 2.21. The van der Waals surface area contributed by atoms with E-state index < -0.39 is 0 Å². The second kappa shape index (κ2) is 5.23. The first-order valence-corrected chi connectivity index (χ1v) is 4.66. The van der Waals surface area contributed by atoms with Crippen LogP contribution in [0, 0.1) is 11.3 Å². The van der Waals surface area contributed by atoms with E-state index in [0.717, 1.165) is 0 Å². The minimum atomic E-state index is -0.357. The number of nitriles is 1. The molecule has 0 atom stereocenters. The number of para-hydroxylation sites is 1. The Bertz CT molecular complexity index is 400. The van der Waals surface area contributed by atoms with Crippen molar-refractivity contribution in [2.75, 3.05) is 18.9 Å². The zero-order valence-electron chi connectivity index (χ0n) is 8.20. The van der Waals surface area contributed by atoms with E-state index in [4.69, 9.17) is 16.9 Å². The zero-order chi connectivity index (χ0) is 11.3. The number of urea groups is 1. The summed E-state index contributed by atoms with van der Waals surface area (Å²) < 4.78 is 0. The van der Waals surface area contributed by atoms with Gasteiger partial charge in [-0.3, -0.25) is 0 Å². The van der Waals surface area contributed by atoms with Crippen molar-refractivity contribution in [2.24, 2.45) is 0 Å². The van der Waals surface area contributed by atoms with Gasteiger partial charge < -0.3 is 10.2 Å². The number of hydrogen-bond donors (Lipinski definition) is 1. The summed E-state index contributed by atoms with van der Waals surface area (Å²) in [5.74, 6) is 0. The molecule has 0 spiro atoms. The number of carbonyl (C=O) groups is 1. The van der Waals surface area contributed by atoms with Gasteiger partial charge in [0.05, 0.1) is 16.8 Å². The van der Waals surface area contributed by atoms with Crippen molar-refractivity contribution in [3.8, 4) is 6.07 Å². The average molecular weight is 224 g/mol. The zero-order valence-corrected chi connectivity index (χ0v) is 8.95. The summed E-state index contributed by atoms with van der Waals surface area (Å²) in [6.45, 7) is 0.0380. The number of rotatable bonds is 2. The number of hydrogen-bond acceptors (Lipinski definition) is 2. The number of amides is 2. The van der Waals surface area contributed by atoms with Gasteiger partial charge in [-0.1, -0.05) is 23.7 Å². The van der Waals surface area contributed by atoms with Gasteiger partial charge in [-0.25, -0.2) is 4.79 Å². The van der Waals surface area contributed by atoms with Crippen LogP contribution in [0.15, 0.2) is 24.3 Å². The molecule has 78 valence electrons. The predicted octanol–water partition coefficient (Wildman–Crippen LogP) is 2.33. The van der Waals surface area contributed by atoms with E-state index in [-0.39, 0.29) is 12.6 Å². The first-order valence-electron chi connectivity index (χ1n) is 4.28. The minimum Gasteiger partial charge on any atom is -0.314 e. The molecule has 0 unspecified atom stereocenters. The van der Waals surface area contributed by atoms with Crippen LogP contribution in [0.3, 0.4) is 0 Å². The fourth-order valence-corrected chi connectivity index (χ4v) is 1.13. The van der Waals surface area contributed by atoms with Crippen LogP contribution in [0.2, 0.25) is 5.02 Å². The molecule has 0 heterocycles. The number of nitrogens with zero attached hydrogens (tertiary/aromatic N) is 2. The van der Waals surface area contributed by atoms with Gasteiger partial charge >= 0.3 is 6.03 Å². The Morgan fingerprint density at radius 1 is 1.60 bits per heavy atom. The molecule has 1 N–H and O–H groups in total. The molecule has 15 heavy (non-hydrogen) atoms. The van der Waals surface area contributed by atoms with Crippen LogP contribution in [0.25, 0.3) is 0 Å².